The van der Waals surface area contributed by atoms with Crippen molar-refractivity contribution in [3.05, 3.63) is 136 Å². The number of hydrogen-bond donors (Lipinski definition) is 2. The lowest BCUT2D eigenvalue weighted by Crippen LogP contribution is -2.44. The maximum Gasteiger partial charge on any atom is 0.332 e. The van der Waals surface area contributed by atoms with E-state index in [-0.39, 0.29) is 23.0 Å². The Labute approximate surface area is 241 Å². The molecule has 4 aromatic carbocycles. The summed E-state index contributed by atoms with van der Waals surface area (Å²) in [4.78, 5) is 47.8. The van der Waals surface area contributed by atoms with Crippen molar-refractivity contribution in [3.8, 4) is 0 Å². The molecule has 2 aliphatic heterocycles. The van der Waals surface area contributed by atoms with E-state index in [0.29, 0.717) is 18.5 Å². The Hall–Kier alpha value is -5.24. The molecule has 2 atom stereocenters. The van der Waals surface area contributed by atoms with Gasteiger partial charge in [-0.15, -0.1) is 0 Å². The number of hydrogen-bond acceptors (Lipinski definition) is 3. The lowest BCUT2D eigenvalue weighted by Gasteiger charge is -2.36. The molecule has 7 nitrogen and oxygen atoms in total. The molecule has 0 bridgehead atoms. The normalized spacial score (nSPS) is 17.9. The maximum absolute atomic E-state index is 14.2. The second-order valence-corrected chi connectivity index (χ2v) is 10.8. The standard InChI is InChI=1S/C34H27FN4O3/c1-20-10-12-21(13-11-20)19-36-32(40)25-7-3-5-9-28(25)39-33(41)29-18-26-24-6-2-4-8-27(24)37-30(26)31(38(29)34(39)42)22-14-16-23(35)17-15-22/h2-17,29,31,37H,18-19H2,1H3,(H,36,40)/t29-,31-/m0/s1. The summed E-state index contributed by atoms with van der Waals surface area (Å²) in [7, 11) is 0. The van der Waals surface area contributed by atoms with Crippen LogP contribution in [0, 0.1) is 12.7 Å². The third kappa shape index (κ3) is 4.15. The minimum atomic E-state index is -0.789. The second kappa shape index (κ2) is 9.99. The van der Waals surface area contributed by atoms with Crippen molar-refractivity contribution in [2.45, 2.75) is 32.0 Å². The number of rotatable bonds is 5. The van der Waals surface area contributed by atoms with Gasteiger partial charge in [-0.1, -0.05) is 72.3 Å². The number of halogens is 1. The lowest BCUT2D eigenvalue weighted by molar-refractivity contribution is -0.120. The zero-order valence-electron chi connectivity index (χ0n) is 22.8. The maximum atomic E-state index is 14.2. The second-order valence-electron chi connectivity index (χ2n) is 10.8. The van der Waals surface area contributed by atoms with E-state index in [0.717, 1.165) is 38.2 Å². The molecule has 1 saturated heterocycles. The lowest BCUT2D eigenvalue weighted by atomic mass is 9.89. The number of fused-ring (bicyclic) bond motifs is 4. The zero-order chi connectivity index (χ0) is 29.0. The Balaban J connectivity index is 1.27. The van der Waals surface area contributed by atoms with E-state index in [1.807, 2.05) is 55.5 Å². The van der Waals surface area contributed by atoms with Gasteiger partial charge in [-0.2, -0.15) is 0 Å². The Morgan fingerprint density at radius 3 is 2.43 bits per heavy atom. The predicted molar refractivity (Wildman–Crippen MR) is 158 cm³/mol. The van der Waals surface area contributed by atoms with Crippen LogP contribution in [0.4, 0.5) is 14.9 Å². The number of amides is 4. The third-order valence-electron chi connectivity index (χ3n) is 8.20. The molecular weight excluding hydrogens is 531 g/mol. The minimum absolute atomic E-state index is 0.230. The number of nitrogens with zero attached hydrogens (tertiary/aromatic N) is 2. The van der Waals surface area contributed by atoms with Crippen molar-refractivity contribution < 1.29 is 18.8 Å². The fourth-order valence-electron chi connectivity index (χ4n) is 6.13. The van der Waals surface area contributed by atoms with Crippen molar-refractivity contribution in [3.63, 3.8) is 0 Å². The molecule has 8 heteroatoms. The van der Waals surface area contributed by atoms with Gasteiger partial charge in [-0.25, -0.2) is 14.1 Å². The fourth-order valence-corrected chi connectivity index (χ4v) is 6.13. The van der Waals surface area contributed by atoms with E-state index in [1.54, 1.807) is 41.3 Å². The number of nitrogens with one attached hydrogen (secondary N) is 2. The molecule has 42 heavy (non-hydrogen) atoms. The van der Waals surface area contributed by atoms with Crippen LogP contribution in [0.3, 0.4) is 0 Å². The summed E-state index contributed by atoms with van der Waals surface area (Å²) in [6, 6.07) is 26.4. The molecule has 1 aromatic heterocycles. The summed E-state index contributed by atoms with van der Waals surface area (Å²) in [6.45, 7) is 2.30. The number of aromatic nitrogens is 1. The van der Waals surface area contributed by atoms with Gasteiger partial charge in [0.15, 0.2) is 0 Å². The number of urea groups is 1. The molecule has 0 spiro atoms. The Morgan fingerprint density at radius 1 is 0.929 bits per heavy atom. The molecule has 0 radical (unpaired) electrons. The van der Waals surface area contributed by atoms with Crippen molar-refractivity contribution >= 4 is 34.4 Å². The zero-order valence-corrected chi connectivity index (χ0v) is 22.8. The average molecular weight is 559 g/mol. The quantitative estimate of drug-likeness (QED) is 0.259. The summed E-state index contributed by atoms with van der Waals surface area (Å²) in [5.41, 5.74) is 5.86. The van der Waals surface area contributed by atoms with Crippen LogP contribution in [0.25, 0.3) is 10.9 Å². The van der Waals surface area contributed by atoms with Gasteiger partial charge >= 0.3 is 6.03 Å². The van der Waals surface area contributed by atoms with Crippen LogP contribution in [0.15, 0.2) is 97.1 Å². The van der Waals surface area contributed by atoms with Crippen LogP contribution >= 0.6 is 0 Å². The number of aromatic amines is 1. The van der Waals surface area contributed by atoms with E-state index in [4.69, 9.17) is 0 Å². The first-order chi connectivity index (χ1) is 20.4. The highest BCUT2D eigenvalue weighted by molar-refractivity contribution is 6.24. The molecule has 1 fully saturated rings. The van der Waals surface area contributed by atoms with Gasteiger partial charge in [0.2, 0.25) is 0 Å². The first-order valence-electron chi connectivity index (χ1n) is 13.8. The number of H-pyrrole nitrogens is 1. The van der Waals surface area contributed by atoms with Gasteiger partial charge in [-0.3, -0.25) is 14.5 Å². The Kier molecular flexibility index (Phi) is 6.12. The van der Waals surface area contributed by atoms with Crippen LogP contribution in [0.5, 0.6) is 0 Å². The Morgan fingerprint density at radius 2 is 1.64 bits per heavy atom. The van der Waals surface area contributed by atoms with Crippen molar-refractivity contribution in [1.29, 1.82) is 0 Å². The summed E-state index contributed by atoms with van der Waals surface area (Å²) in [5, 5.41) is 3.90. The smallest absolute Gasteiger partial charge is 0.332 e. The number of para-hydroxylation sites is 2. The van der Waals surface area contributed by atoms with Crippen LogP contribution in [-0.4, -0.2) is 33.8 Å². The van der Waals surface area contributed by atoms with E-state index in [1.165, 1.54) is 12.1 Å². The molecule has 0 saturated carbocycles. The Bertz CT molecular complexity index is 1860. The summed E-state index contributed by atoms with van der Waals surface area (Å²) >= 11 is 0. The van der Waals surface area contributed by atoms with Crippen LogP contribution < -0.4 is 10.2 Å². The third-order valence-corrected chi connectivity index (χ3v) is 8.20. The average Bonchev–Trinajstić information content (AvgIpc) is 3.50. The minimum Gasteiger partial charge on any atom is -0.356 e. The molecule has 0 aliphatic carbocycles. The van der Waals surface area contributed by atoms with Gasteiger partial charge in [0, 0.05) is 29.6 Å². The number of carbonyl (C=O) groups excluding carboxylic acids is 3. The molecule has 5 aromatic rings. The van der Waals surface area contributed by atoms with Crippen molar-refractivity contribution in [2.75, 3.05) is 4.90 Å². The number of imide groups is 1. The molecule has 4 amide bonds. The molecule has 208 valence electrons. The SMILES string of the molecule is Cc1ccc(CNC(=O)c2ccccc2N2C(=O)[C@@H]3Cc4c([nH]c5ccccc45)[C@H](c4ccc(F)cc4)N3C2=O)cc1. The first-order valence-corrected chi connectivity index (χ1v) is 13.8. The van der Waals surface area contributed by atoms with Crippen LogP contribution in [0.1, 0.15) is 44.3 Å². The first kappa shape index (κ1) is 25.7. The van der Waals surface area contributed by atoms with Crippen molar-refractivity contribution in [1.82, 2.24) is 15.2 Å². The molecule has 2 aliphatic rings. The number of carbonyl (C=O) groups is 3. The summed E-state index contributed by atoms with van der Waals surface area (Å²) in [6.07, 6.45) is 0.319. The largest absolute Gasteiger partial charge is 0.356 e. The van der Waals surface area contributed by atoms with E-state index >= 15 is 0 Å². The summed E-state index contributed by atoms with van der Waals surface area (Å²) < 4.78 is 13.9. The molecule has 3 heterocycles. The van der Waals surface area contributed by atoms with Gasteiger partial charge < -0.3 is 10.3 Å². The molecule has 0 unspecified atom stereocenters. The van der Waals surface area contributed by atoms with Gasteiger partial charge in [-0.05, 0) is 53.9 Å². The van der Waals surface area contributed by atoms with E-state index < -0.39 is 24.0 Å². The fraction of sp³-hybridized carbons (Fsp3) is 0.147. The highest BCUT2D eigenvalue weighted by atomic mass is 19.1. The van der Waals surface area contributed by atoms with E-state index in [9.17, 15) is 18.8 Å². The monoisotopic (exact) mass is 558 g/mol. The van der Waals surface area contributed by atoms with Gasteiger partial charge in [0.25, 0.3) is 11.8 Å². The summed E-state index contributed by atoms with van der Waals surface area (Å²) in [5.74, 6) is -1.18. The van der Waals surface area contributed by atoms with E-state index in [2.05, 4.69) is 10.3 Å². The predicted octanol–water partition coefficient (Wildman–Crippen LogP) is 6.03. The van der Waals surface area contributed by atoms with Crippen LogP contribution in [-0.2, 0) is 17.8 Å². The number of anilines is 1. The number of aryl methyl sites for hydroxylation is 1. The van der Waals surface area contributed by atoms with Crippen molar-refractivity contribution in [2.24, 2.45) is 0 Å². The molecular formula is C34H27FN4O3. The highest BCUT2D eigenvalue weighted by Gasteiger charge is 2.53. The molecule has 2 N–H and O–H groups in total. The number of benzene rings is 4. The highest BCUT2D eigenvalue weighted by Crippen LogP contribution is 2.45. The topological polar surface area (TPSA) is 85.5 Å². The molecule has 7 rings (SSSR count). The van der Waals surface area contributed by atoms with Gasteiger partial charge in [0.05, 0.1) is 11.3 Å². The van der Waals surface area contributed by atoms with Gasteiger partial charge in [0.1, 0.15) is 17.9 Å². The van der Waals surface area contributed by atoms with Crippen LogP contribution in [0.2, 0.25) is 0 Å².